The molecule has 1 nitrogen and oxygen atoms in total. The van der Waals surface area contributed by atoms with Gasteiger partial charge in [0, 0.05) is 17.5 Å². The van der Waals surface area contributed by atoms with E-state index in [2.05, 4.69) is 48.0 Å². The molecule has 94 valence electrons. The summed E-state index contributed by atoms with van der Waals surface area (Å²) in [6, 6.07) is 11.7. The van der Waals surface area contributed by atoms with Crippen molar-refractivity contribution in [3.05, 3.63) is 57.3 Å². The molecule has 1 aromatic heterocycles. The summed E-state index contributed by atoms with van der Waals surface area (Å²) < 4.78 is 0. The third-order valence-electron chi connectivity index (χ3n) is 3.73. The second-order valence-electron chi connectivity index (χ2n) is 5.11. The highest BCUT2D eigenvalue weighted by Gasteiger charge is 2.20. The summed E-state index contributed by atoms with van der Waals surface area (Å²) in [7, 11) is 0. The van der Waals surface area contributed by atoms with Crippen molar-refractivity contribution in [1.82, 2.24) is 5.32 Å². The van der Waals surface area contributed by atoms with E-state index in [1.807, 2.05) is 11.3 Å². The predicted molar refractivity (Wildman–Crippen MR) is 78.0 cm³/mol. The molecule has 1 N–H and O–H groups in total. The van der Waals surface area contributed by atoms with E-state index in [-0.39, 0.29) is 0 Å². The largest absolute Gasteiger partial charge is 0.306 e. The van der Waals surface area contributed by atoms with Crippen molar-refractivity contribution in [2.75, 3.05) is 0 Å². The van der Waals surface area contributed by atoms with Crippen LogP contribution in [0.15, 0.2) is 35.7 Å². The lowest BCUT2D eigenvalue weighted by Crippen LogP contribution is -2.23. The number of aryl methyl sites for hydroxylation is 2. The molecule has 0 saturated carbocycles. The Morgan fingerprint density at radius 1 is 1.22 bits per heavy atom. The van der Waals surface area contributed by atoms with Crippen LogP contribution in [0.1, 0.15) is 40.5 Å². The van der Waals surface area contributed by atoms with Crippen LogP contribution in [-0.2, 0) is 13.0 Å². The Morgan fingerprint density at radius 3 is 2.89 bits per heavy atom. The summed E-state index contributed by atoms with van der Waals surface area (Å²) in [5.41, 5.74) is 4.25. The molecule has 1 heterocycles. The molecule has 1 atom stereocenters. The number of hydrogen-bond donors (Lipinski definition) is 1. The minimum Gasteiger partial charge on any atom is -0.306 e. The van der Waals surface area contributed by atoms with Gasteiger partial charge in [-0.2, -0.15) is 0 Å². The van der Waals surface area contributed by atoms with E-state index in [0.29, 0.717) is 6.04 Å². The topological polar surface area (TPSA) is 12.0 Å². The molecule has 2 heteroatoms. The van der Waals surface area contributed by atoms with Gasteiger partial charge in [-0.15, -0.1) is 11.3 Å². The lowest BCUT2D eigenvalue weighted by molar-refractivity contribution is 0.463. The maximum atomic E-state index is 3.71. The van der Waals surface area contributed by atoms with Crippen molar-refractivity contribution in [3.8, 4) is 0 Å². The van der Waals surface area contributed by atoms with Gasteiger partial charge in [-0.05, 0) is 48.8 Å². The molecule has 3 rings (SSSR count). The zero-order valence-corrected chi connectivity index (χ0v) is 11.6. The predicted octanol–water partition coefficient (Wildman–Crippen LogP) is 4.22. The molecule has 1 aliphatic carbocycles. The minimum absolute atomic E-state index is 0.557. The normalized spacial score (nSPS) is 18.6. The number of nitrogens with one attached hydrogen (secondary N) is 1. The average Bonchev–Trinajstić information content (AvgIpc) is 2.87. The molecule has 0 aliphatic heterocycles. The molecule has 1 aromatic carbocycles. The van der Waals surface area contributed by atoms with Crippen molar-refractivity contribution in [1.29, 1.82) is 0 Å². The maximum absolute atomic E-state index is 3.71. The third kappa shape index (κ3) is 2.50. The van der Waals surface area contributed by atoms with Crippen molar-refractivity contribution in [3.63, 3.8) is 0 Å². The van der Waals surface area contributed by atoms with Crippen molar-refractivity contribution >= 4 is 11.3 Å². The average molecular weight is 257 g/mol. The van der Waals surface area contributed by atoms with Crippen molar-refractivity contribution < 1.29 is 0 Å². The number of rotatable bonds is 3. The van der Waals surface area contributed by atoms with E-state index in [9.17, 15) is 0 Å². The van der Waals surface area contributed by atoms with Gasteiger partial charge in [0.1, 0.15) is 0 Å². The second-order valence-corrected chi connectivity index (χ2v) is 6.11. The summed E-state index contributed by atoms with van der Waals surface area (Å²) in [5, 5.41) is 5.94. The van der Waals surface area contributed by atoms with Crippen LogP contribution in [0.25, 0.3) is 0 Å². The SMILES string of the molecule is Cc1ccc(CNC2CCCc3sccc32)cc1. The van der Waals surface area contributed by atoms with Gasteiger partial charge in [0.05, 0.1) is 0 Å². The molecule has 0 saturated heterocycles. The van der Waals surface area contributed by atoms with Crippen LogP contribution < -0.4 is 5.32 Å². The fourth-order valence-corrected chi connectivity index (χ4v) is 3.63. The highest BCUT2D eigenvalue weighted by atomic mass is 32.1. The van der Waals surface area contributed by atoms with Crippen molar-refractivity contribution in [2.24, 2.45) is 0 Å². The van der Waals surface area contributed by atoms with Gasteiger partial charge in [-0.1, -0.05) is 29.8 Å². The van der Waals surface area contributed by atoms with Gasteiger partial charge in [0.25, 0.3) is 0 Å². The summed E-state index contributed by atoms with van der Waals surface area (Å²) >= 11 is 1.91. The Balaban J connectivity index is 1.66. The van der Waals surface area contributed by atoms with Crippen LogP contribution in [-0.4, -0.2) is 0 Å². The molecule has 1 aliphatic rings. The zero-order chi connectivity index (χ0) is 12.4. The molecule has 1 unspecified atom stereocenters. The van der Waals surface area contributed by atoms with Gasteiger partial charge in [-0.3, -0.25) is 0 Å². The summed E-state index contributed by atoms with van der Waals surface area (Å²) in [4.78, 5) is 1.59. The van der Waals surface area contributed by atoms with E-state index >= 15 is 0 Å². The van der Waals surface area contributed by atoms with E-state index in [4.69, 9.17) is 0 Å². The van der Waals surface area contributed by atoms with E-state index in [0.717, 1.165) is 6.54 Å². The van der Waals surface area contributed by atoms with Crippen LogP contribution in [0.4, 0.5) is 0 Å². The van der Waals surface area contributed by atoms with E-state index in [1.165, 1.54) is 30.4 Å². The molecule has 2 aromatic rings. The number of benzene rings is 1. The Morgan fingerprint density at radius 2 is 2.06 bits per heavy atom. The Hall–Kier alpha value is -1.12. The first kappa shape index (κ1) is 11.9. The lowest BCUT2D eigenvalue weighted by Gasteiger charge is -2.23. The molecule has 0 radical (unpaired) electrons. The van der Waals surface area contributed by atoms with Crippen molar-refractivity contribution in [2.45, 2.75) is 38.8 Å². The van der Waals surface area contributed by atoms with Crippen LogP contribution in [0.3, 0.4) is 0 Å². The van der Waals surface area contributed by atoms with Gasteiger partial charge < -0.3 is 5.32 Å². The smallest absolute Gasteiger partial charge is 0.0334 e. The Kier molecular flexibility index (Phi) is 3.48. The first-order valence-electron chi connectivity index (χ1n) is 6.68. The molecule has 0 spiro atoms. The highest BCUT2D eigenvalue weighted by Crippen LogP contribution is 2.33. The summed E-state index contributed by atoms with van der Waals surface area (Å²) in [6.45, 7) is 3.11. The zero-order valence-electron chi connectivity index (χ0n) is 10.8. The molecular formula is C16H19NS. The molecule has 0 bridgehead atoms. The minimum atomic E-state index is 0.557. The van der Waals surface area contributed by atoms with Crippen LogP contribution in [0.2, 0.25) is 0 Å². The van der Waals surface area contributed by atoms with Crippen LogP contribution in [0.5, 0.6) is 0 Å². The quantitative estimate of drug-likeness (QED) is 0.868. The molecule has 0 fully saturated rings. The monoisotopic (exact) mass is 257 g/mol. The standard InChI is InChI=1S/C16H19NS/c1-12-5-7-13(8-6-12)11-17-15-3-2-4-16-14(15)9-10-18-16/h5-10,15,17H,2-4,11H2,1H3. The second kappa shape index (κ2) is 5.25. The fraction of sp³-hybridized carbons (Fsp3) is 0.375. The summed E-state index contributed by atoms with van der Waals surface area (Å²) in [5.74, 6) is 0. The number of fused-ring (bicyclic) bond motifs is 1. The van der Waals surface area contributed by atoms with Gasteiger partial charge >= 0.3 is 0 Å². The molecule has 0 amide bonds. The Labute approximate surface area is 113 Å². The van der Waals surface area contributed by atoms with Gasteiger partial charge in [0.15, 0.2) is 0 Å². The molecular weight excluding hydrogens is 238 g/mol. The van der Waals surface area contributed by atoms with Gasteiger partial charge in [0.2, 0.25) is 0 Å². The first-order valence-corrected chi connectivity index (χ1v) is 7.56. The van der Waals surface area contributed by atoms with Crippen LogP contribution in [0, 0.1) is 6.92 Å². The first-order chi connectivity index (χ1) is 8.83. The van der Waals surface area contributed by atoms with Gasteiger partial charge in [-0.25, -0.2) is 0 Å². The third-order valence-corrected chi connectivity index (χ3v) is 4.72. The maximum Gasteiger partial charge on any atom is 0.0334 e. The highest BCUT2D eigenvalue weighted by molar-refractivity contribution is 7.10. The van der Waals surface area contributed by atoms with E-state index in [1.54, 1.807) is 10.4 Å². The van der Waals surface area contributed by atoms with Crippen LogP contribution >= 0.6 is 11.3 Å². The Bertz CT molecular complexity index is 512. The summed E-state index contributed by atoms with van der Waals surface area (Å²) in [6.07, 6.45) is 3.87. The number of thiophene rings is 1. The fourth-order valence-electron chi connectivity index (χ4n) is 2.65. The van der Waals surface area contributed by atoms with E-state index < -0.39 is 0 Å². The lowest BCUT2D eigenvalue weighted by atomic mass is 9.94. The molecule has 18 heavy (non-hydrogen) atoms. The number of hydrogen-bond acceptors (Lipinski definition) is 2.